The van der Waals surface area contributed by atoms with Crippen molar-refractivity contribution in [1.29, 1.82) is 0 Å². The normalized spacial score (nSPS) is 11.0. The molecule has 0 amide bonds. The molecule has 0 saturated heterocycles. The van der Waals surface area contributed by atoms with Gasteiger partial charge in [0.25, 0.3) is 0 Å². The molecule has 0 aliphatic rings. The van der Waals surface area contributed by atoms with Gasteiger partial charge in [-0.05, 0) is 55.3 Å². The summed E-state index contributed by atoms with van der Waals surface area (Å²) < 4.78 is 22.9. The summed E-state index contributed by atoms with van der Waals surface area (Å²) in [5.74, 6) is 0.733. The van der Waals surface area contributed by atoms with Gasteiger partial charge in [0, 0.05) is 6.20 Å². The third-order valence-corrected chi connectivity index (χ3v) is 4.85. The van der Waals surface area contributed by atoms with Gasteiger partial charge in [-0.25, -0.2) is 4.79 Å². The van der Waals surface area contributed by atoms with E-state index in [-0.39, 0.29) is 12.4 Å². The second-order valence-electron chi connectivity index (χ2n) is 6.73. The number of pyridine rings is 1. The number of aromatic nitrogens is 1. The number of esters is 1. The van der Waals surface area contributed by atoms with E-state index in [9.17, 15) is 9.59 Å². The van der Waals surface area contributed by atoms with E-state index in [1.165, 1.54) is 27.4 Å². The number of methoxy groups -OCH3 is 3. The van der Waals surface area contributed by atoms with Crippen molar-refractivity contribution in [1.82, 2.24) is 4.40 Å². The summed E-state index contributed by atoms with van der Waals surface area (Å²) in [5, 5.41) is 0. The van der Waals surface area contributed by atoms with Gasteiger partial charge < -0.3 is 23.3 Å². The first kappa shape index (κ1) is 22.0. The lowest BCUT2D eigenvalue weighted by molar-refractivity contribution is 0.0528. The number of rotatable bonds is 8. The molecule has 2 heterocycles. The molecule has 0 aliphatic carbocycles. The van der Waals surface area contributed by atoms with Crippen LogP contribution in [0, 0.1) is 6.92 Å². The number of benzene rings is 1. The Labute approximate surface area is 180 Å². The zero-order valence-corrected chi connectivity index (χ0v) is 18.2. The van der Waals surface area contributed by atoms with Crippen molar-refractivity contribution < 1.29 is 28.5 Å². The largest absolute Gasteiger partial charge is 0.493 e. The van der Waals surface area contributed by atoms with Gasteiger partial charge in [0.05, 0.1) is 44.7 Å². The van der Waals surface area contributed by atoms with E-state index >= 15 is 0 Å². The zero-order valence-electron chi connectivity index (χ0n) is 18.2. The summed E-state index contributed by atoms with van der Waals surface area (Å²) in [5.41, 5.74) is 2.96. The number of nitrogens with zero attached hydrogens (tertiary/aromatic N) is 1. The van der Waals surface area contributed by atoms with Gasteiger partial charge in [-0.3, -0.25) is 4.79 Å². The second kappa shape index (κ2) is 9.38. The summed E-state index contributed by atoms with van der Waals surface area (Å²) in [7, 11) is 4.59. The summed E-state index contributed by atoms with van der Waals surface area (Å²) in [6.45, 7) is 3.89. The maximum Gasteiger partial charge on any atom is 0.340 e. The molecule has 7 nitrogen and oxygen atoms in total. The molecule has 3 aromatic rings. The van der Waals surface area contributed by atoms with E-state index in [1.807, 2.05) is 19.1 Å². The topological polar surface area (TPSA) is 75.5 Å². The van der Waals surface area contributed by atoms with E-state index in [1.54, 1.807) is 41.8 Å². The molecule has 0 atom stereocenters. The highest BCUT2D eigenvalue weighted by atomic mass is 16.5. The Morgan fingerprint density at radius 3 is 2.29 bits per heavy atom. The lowest BCUT2D eigenvalue weighted by Crippen LogP contribution is -2.04. The molecule has 7 heteroatoms. The van der Waals surface area contributed by atoms with Crippen molar-refractivity contribution >= 4 is 23.3 Å². The Hall–Kier alpha value is -3.74. The first-order valence-corrected chi connectivity index (χ1v) is 9.75. The third kappa shape index (κ3) is 4.26. The van der Waals surface area contributed by atoms with Crippen LogP contribution >= 0.6 is 0 Å². The van der Waals surface area contributed by atoms with Crippen molar-refractivity contribution in [2.24, 2.45) is 0 Å². The lowest BCUT2D eigenvalue weighted by Gasteiger charge is -2.12. The van der Waals surface area contributed by atoms with Crippen molar-refractivity contribution in [2.45, 2.75) is 13.8 Å². The van der Waals surface area contributed by atoms with Crippen LogP contribution in [0.5, 0.6) is 17.2 Å². The zero-order chi connectivity index (χ0) is 22.5. The van der Waals surface area contributed by atoms with Gasteiger partial charge in [0.15, 0.2) is 11.5 Å². The summed E-state index contributed by atoms with van der Waals surface area (Å²) >= 11 is 0. The standard InChI is InChI=1S/C24H25NO6/c1-6-31-24(27)17-14-18(25-11-7-8-15(2)22(17)25)19(26)10-9-16-12-20(28-3)23(30-5)21(13-16)29-4/h7-14H,6H2,1-5H3/b10-9+. The van der Waals surface area contributed by atoms with Crippen molar-refractivity contribution in [3.63, 3.8) is 0 Å². The number of fused-ring (bicyclic) bond motifs is 1. The number of hydrogen-bond donors (Lipinski definition) is 0. The molecule has 1 aromatic carbocycles. The van der Waals surface area contributed by atoms with Gasteiger partial charge in [-0.15, -0.1) is 0 Å². The van der Waals surface area contributed by atoms with Crippen LogP contribution in [0.3, 0.4) is 0 Å². The van der Waals surface area contributed by atoms with Crippen LogP contribution in [0.2, 0.25) is 0 Å². The maximum absolute atomic E-state index is 13.0. The minimum absolute atomic E-state index is 0.256. The second-order valence-corrected chi connectivity index (χ2v) is 6.73. The number of ketones is 1. The van der Waals surface area contributed by atoms with Gasteiger partial charge in [-0.2, -0.15) is 0 Å². The highest BCUT2D eigenvalue weighted by Gasteiger charge is 2.20. The van der Waals surface area contributed by atoms with Crippen molar-refractivity contribution in [3.8, 4) is 17.2 Å². The molecule has 0 N–H and O–H groups in total. The fraction of sp³-hybridized carbons (Fsp3) is 0.250. The molecule has 0 fully saturated rings. The first-order valence-electron chi connectivity index (χ1n) is 9.75. The van der Waals surface area contributed by atoms with E-state index in [4.69, 9.17) is 18.9 Å². The number of allylic oxidation sites excluding steroid dienone is 1. The smallest absolute Gasteiger partial charge is 0.340 e. The van der Waals surface area contributed by atoms with Crippen LogP contribution in [0.4, 0.5) is 0 Å². The summed E-state index contributed by atoms with van der Waals surface area (Å²) in [4.78, 5) is 25.4. The molecule has 3 rings (SSSR count). The van der Waals surface area contributed by atoms with Gasteiger partial charge in [0.2, 0.25) is 11.5 Å². The predicted molar refractivity (Wildman–Crippen MR) is 118 cm³/mol. The van der Waals surface area contributed by atoms with E-state index in [0.29, 0.717) is 39.6 Å². The molecular formula is C24H25NO6. The molecular weight excluding hydrogens is 398 g/mol. The fourth-order valence-corrected chi connectivity index (χ4v) is 3.44. The average Bonchev–Trinajstić information content (AvgIpc) is 3.18. The Morgan fingerprint density at radius 1 is 1.03 bits per heavy atom. The monoisotopic (exact) mass is 423 g/mol. The molecule has 0 spiro atoms. The van der Waals surface area contributed by atoms with Crippen molar-refractivity contribution in [2.75, 3.05) is 27.9 Å². The highest BCUT2D eigenvalue weighted by Crippen LogP contribution is 2.38. The number of carbonyl (C=O) groups excluding carboxylic acids is 2. The third-order valence-electron chi connectivity index (χ3n) is 4.85. The van der Waals surface area contributed by atoms with Crippen LogP contribution in [0.15, 0.2) is 42.6 Å². The molecule has 31 heavy (non-hydrogen) atoms. The molecule has 162 valence electrons. The van der Waals surface area contributed by atoms with Gasteiger partial charge in [0.1, 0.15) is 0 Å². The molecule has 0 bridgehead atoms. The molecule has 0 saturated carbocycles. The van der Waals surface area contributed by atoms with Crippen molar-refractivity contribution in [3.05, 3.63) is 65.0 Å². The van der Waals surface area contributed by atoms with Gasteiger partial charge in [-0.1, -0.05) is 12.1 Å². The quantitative estimate of drug-likeness (QED) is 0.305. The minimum Gasteiger partial charge on any atom is -0.493 e. The molecule has 2 aromatic heterocycles. The Balaban J connectivity index is 2.02. The number of aryl methyl sites for hydroxylation is 1. The Morgan fingerprint density at radius 2 is 1.71 bits per heavy atom. The molecule has 0 aliphatic heterocycles. The molecule has 0 unspecified atom stereocenters. The highest BCUT2D eigenvalue weighted by molar-refractivity contribution is 6.10. The fourth-order valence-electron chi connectivity index (χ4n) is 3.44. The lowest BCUT2D eigenvalue weighted by atomic mass is 10.1. The van der Waals surface area contributed by atoms with Crippen LogP contribution < -0.4 is 14.2 Å². The maximum atomic E-state index is 13.0. The summed E-state index contributed by atoms with van der Waals surface area (Å²) in [6.07, 6.45) is 4.86. The van der Waals surface area contributed by atoms with E-state index in [2.05, 4.69) is 0 Å². The van der Waals surface area contributed by atoms with Gasteiger partial charge >= 0.3 is 5.97 Å². The predicted octanol–water partition coefficient (Wildman–Crippen LogP) is 4.35. The van der Waals surface area contributed by atoms with E-state index in [0.717, 1.165) is 5.56 Å². The SMILES string of the molecule is CCOC(=O)c1cc(C(=O)/C=C/c2cc(OC)c(OC)c(OC)c2)n2cccc(C)c12. The first-order chi connectivity index (χ1) is 14.9. The van der Waals surface area contributed by atoms with Crippen LogP contribution in [0.25, 0.3) is 11.6 Å². The van der Waals surface area contributed by atoms with Crippen LogP contribution in [0.1, 0.15) is 38.9 Å². The van der Waals surface area contributed by atoms with Crippen LogP contribution in [-0.4, -0.2) is 44.1 Å². The number of ether oxygens (including phenoxy) is 4. The summed E-state index contributed by atoms with van der Waals surface area (Å²) in [6, 6.07) is 8.78. The number of hydrogen-bond acceptors (Lipinski definition) is 6. The molecule has 0 radical (unpaired) electrons. The Bertz CT molecular complexity index is 1130. The average molecular weight is 423 g/mol. The Kier molecular flexibility index (Phi) is 6.65. The minimum atomic E-state index is -0.457. The van der Waals surface area contributed by atoms with Crippen LogP contribution in [-0.2, 0) is 4.74 Å². The number of carbonyl (C=O) groups is 2. The van der Waals surface area contributed by atoms with E-state index < -0.39 is 5.97 Å².